The Kier molecular flexibility index (Phi) is 5.55. The molecule has 0 spiro atoms. The van der Waals surface area contributed by atoms with E-state index in [4.69, 9.17) is 4.74 Å². The maximum atomic E-state index is 12.3. The Bertz CT molecular complexity index is 683. The zero-order valence-corrected chi connectivity index (χ0v) is 15.9. The van der Waals surface area contributed by atoms with Crippen molar-refractivity contribution in [1.82, 2.24) is 10.9 Å². The summed E-state index contributed by atoms with van der Waals surface area (Å²) in [4.78, 5) is 24.2. The quantitative estimate of drug-likeness (QED) is 0.637. The molecule has 2 atom stereocenters. The Morgan fingerprint density at radius 2 is 1.76 bits per heavy atom. The third kappa shape index (κ3) is 4.41. The average molecular weight is 344 g/mol. The molecule has 0 heterocycles. The molecule has 1 aliphatic carbocycles. The van der Waals surface area contributed by atoms with E-state index in [1.54, 1.807) is 0 Å². The van der Waals surface area contributed by atoms with Crippen LogP contribution in [0.5, 0.6) is 5.75 Å². The van der Waals surface area contributed by atoms with Crippen LogP contribution in [0.3, 0.4) is 0 Å². The molecule has 2 rings (SSSR count). The number of aryl methyl sites for hydroxylation is 2. The molecule has 1 saturated carbocycles. The van der Waals surface area contributed by atoms with Crippen LogP contribution in [0.2, 0.25) is 0 Å². The van der Waals surface area contributed by atoms with Crippen molar-refractivity contribution in [3.8, 4) is 5.75 Å². The summed E-state index contributed by atoms with van der Waals surface area (Å²) in [5.74, 6) is 0.250. The van der Waals surface area contributed by atoms with Crippen LogP contribution in [0.15, 0.2) is 29.8 Å². The predicted octanol–water partition coefficient (Wildman–Crippen LogP) is 3.07. The van der Waals surface area contributed by atoms with Gasteiger partial charge in [0.2, 0.25) is 5.91 Å². The first-order valence-corrected chi connectivity index (χ1v) is 8.57. The highest BCUT2D eigenvalue weighted by Crippen LogP contribution is 2.59. The topological polar surface area (TPSA) is 67.4 Å². The summed E-state index contributed by atoms with van der Waals surface area (Å²) in [6, 6.07) is 5.80. The van der Waals surface area contributed by atoms with E-state index < -0.39 is 0 Å². The maximum Gasteiger partial charge on any atom is 0.276 e. The third-order valence-corrected chi connectivity index (χ3v) is 4.79. The van der Waals surface area contributed by atoms with Crippen LogP contribution in [0, 0.1) is 31.1 Å². The Morgan fingerprint density at radius 3 is 2.32 bits per heavy atom. The van der Waals surface area contributed by atoms with Gasteiger partial charge in [0.1, 0.15) is 5.75 Å². The molecule has 0 bridgehead atoms. The zero-order valence-electron chi connectivity index (χ0n) is 15.9. The van der Waals surface area contributed by atoms with E-state index in [1.165, 1.54) is 5.57 Å². The Labute approximate surface area is 149 Å². The Balaban J connectivity index is 1.83. The van der Waals surface area contributed by atoms with Crippen LogP contribution in [0.25, 0.3) is 0 Å². The highest BCUT2D eigenvalue weighted by atomic mass is 16.5. The van der Waals surface area contributed by atoms with Crippen molar-refractivity contribution >= 4 is 11.8 Å². The van der Waals surface area contributed by atoms with Crippen LogP contribution in [-0.4, -0.2) is 18.4 Å². The number of ether oxygens (including phenoxy) is 1. The highest BCUT2D eigenvalue weighted by molar-refractivity contribution is 5.87. The highest BCUT2D eigenvalue weighted by Gasteiger charge is 2.60. The van der Waals surface area contributed by atoms with Gasteiger partial charge in [-0.15, -0.1) is 0 Å². The number of benzene rings is 1. The van der Waals surface area contributed by atoms with Crippen LogP contribution in [-0.2, 0) is 9.59 Å². The molecule has 1 fully saturated rings. The molecule has 2 unspecified atom stereocenters. The fourth-order valence-corrected chi connectivity index (χ4v) is 3.26. The minimum absolute atomic E-state index is 0.0825. The van der Waals surface area contributed by atoms with Gasteiger partial charge >= 0.3 is 0 Å². The van der Waals surface area contributed by atoms with Gasteiger partial charge in [0, 0.05) is 0 Å². The van der Waals surface area contributed by atoms with Crippen molar-refractivity contribution in [2.75, 3.05) is 6.61 Å². The first-order chi connectivity index (χ1) is 11.6. The molecule has 5 nitrogen and oxygen atoms in total. The van der Waals surface area contributed by atoms with E-state index in [9.17, 15) is 9.59 Å². The van der Waals surface area contributed by atoms with Gasteiger partial charge in [-0.3, -0.25) is 20.4 Å². The fourth-order valence-electron chi connectivity index (χ4n) is 3.26. The summed E-state index contributed by atoms with van der Waals surface area (Å²) in [7, 11) is 0. The smallest absolute Gasteiger partial charge is 0.276 e. The molecule has 2 N–H and O–H groups in total. The van der Waals surface area contributed by atoms with Crippen LogP contribution in [0.4, 0.5) is 0 Å². The lowest BCUT2D eigenvalue weighted by Crippen LogP contribution is -2.45. The first-order valence-electron chi connectivity index (χ1n) is 8.57. The van der Waals surface area contributed by atoms with Gasteiger partial charge < -0.3 is 4.74 Å². The Morgan fingerprint density at radius 1 is 1.16 bits per heavy atom. The largest absolute Gasteiger partial charge is 0.483 e. The molecule has 1 aromatic rings. The van der Waals surface area contributed by atoms with Gasteiger partial charge in [0.25, 0.3) is 5.91 Å². The van der Waals surface area contributed by atoms with Crippen molar-refractivity contribution < 1.29 is 14.3 Å². The second-order valence-corrected chi connectivity index (χ2v) is 7.62. The summed E-state index contributed by atoms with van der Waals surface area (Å²) in [6.45, 7) is 11.9. The molecule has 2 amide bonds. The molecule has 1 aromatic carbocycles. The van der Waals surface area contributed by atoms with Crippen molar-refractivity contribution in [2.24, 2.45) is 17.3 Å². The van der Waals surface area contributed by atoms with Crippen molar-refractivity contribution in [3.05, 3.63) is 41.0 Å². The van der Waals surface area contributed by atoms with Crippen molar-refractivity contribution in [2.45, 2.75) is 41.5 Å². The number of para-hydroxylation sites is 1. The van der Waals surface area contributed by atoms with E-state index in [0.29, 0.717) is 5.75 Å². The minimum atomic E-state index is -0.381. The Hall–Kier alpha value is -2.30. The van der Waals surface area contributed by atoms with Gasteiger partial charge in [0.15, 0.2) is 6.61 Å². The average Bonchev–Trinajstić information content (AvgIpc) is 3.04. The van der Waals surface area contributed by atoms with Gasteiger partial charge in [-0.25, -0.2) is 0 Å². The molecule has 25 heavy (non-hydrogen) atoms. The van der Waals surface area contributed by atoms with Gasteiger partial charge in [-0.1, -0.05) is 43.7 Å². The molecule has 0 aliphatic heterocycles. The van der Waals surface area contributed by atoms with E-state index >= 15 is 0 Å². The molecule has 0 radical (unpaired) electrons. The summed E-state index contributed by atoms with van der Waals surface area (Å²) < 4.78 is 5.58. The first kappa shape index (κ1) is 19.0. The second kappa shape index (κ2) is 7.30. The number of allylic oxidation sites excluding steroid dienone is 2. The standard InChI is InChI=1S/C20H28N2O3/c1-12(2)10-15-17(20(15,5)6)19(24)22-21-16(23)11-25-18-13(3)8-7-9-14(18)4/h7-10,15,17H,11H2,1-6H3,(H,21,23)(H,22,24). The SMILES string of the molecule is CC(C)=CC1C(C(=O)NNC(=O)COc2c(C)cccc2C)C1(C)C. The lowest BCUT2D eigenvalue weighted by atomic mass is 10.1. The lowest BCUT2D eigenvalue weighted by molar-refractivity contribution is -0.131. The fraction of sp³-hybridized carbons (Fsp3) is 0.500. The number of carbonyl (C=O) groups is 2. The van der Waals surface area contributed by atoms with Crippen LogP contribution < -0.4 is 15.6 Å². The normalized spacial score (nSPS) is 20.4. The van der Waals surface area contributed by atoms with Gasteiger partial charge in [0.05, 0.1) is 5.92 Å². The summed E-state index contributed by atoms with van der Waals surface area (Å²) in [5, 5.41) is 0. The van der Waals surface area contributed by atoms with Crippen molar-refractivity contribution in [1.29, 1.82) is 0 Å². The maximum absolute atomic E-state index is 12.3. The predicted molar refractivity (Wildman–Crippen MR) is 97.9 cm³/mol. The minimum Gasteiger partial charge on any atom is -0.483 e. The summed E-state index contributed by atoms with van der Waals surface area (Å²) in [5.41, 5.74) is 8.02. The van der Waals surface area contributed by atoms with Gasteiger partial charge in [-0.05, 0) is 50.2 Å². The van der Waals surface area contributed by atoms with E-state index in [0.717, 1.165) is 11.1 Å². The number of nitrogens with one attached hydrogen (secondary N) is 2. The molecular weight excluding hydrogens is 316 g/mol. The van der Waals surface area contributed by atoms with Crippen LogP contribution in [0.1, 0.15) is 38.8 Å². The third-order valence-electron chi connectivity index (χ3n) is 4.79. The van der Waals surface area contributed by atoms with Crippen molar-refractivity contribution in [3.63, 3.8) is 0 Å². The number of rotatable bonds is 5. The van der Waals surface area contributed by atoms with E-state index in [2.05, 4.69) is 30.8 Å². The molecular formula is C20H28N2O3. The summed E-state index contributed by atoms with van der Waals surface area (Å²) >= 11 is 0. The summed E-state index contributed by atoms with van der Waals surface area (Å²) in [6.07, 6.45) is 2.12. The molecule has 136 valence electrons. The van der Waals surface area contributed by atoms with E-state index in [1.807, 2.05) is 45.9 Å². The number of hydrogen-bond donors (Lipinski definition) is 2. The zero-order chi connectivity index (χ0) is 18.8. The molecule has 0 aromatic heterocycles. The van der Waals surface area contributed by atoms with E-state index in [-0.39, 0.29) is 35.7 Å². The molecule has 1 aliphatic rings. The second-order valence-electron chi connectivity index (χ2n) is 7.62. The number of hydrogen-bond acceptors (Lipinski definition) is 3. The van der Waals surface area contributed by atoms with Crippen LogP contribution >= 0.6 is 0 Å². The molecule has 5 heteroatoms. The monoisotopic (exact) mass is 344 g/mol. The number of carbonyl (C=O) groups excluding carboxylic acids is 2. The number of hydrazine groups is 1. The lowest BCUT2D eigenvalue weighted by Gasteiger charge is -2.12. The molecule has 0 saturated heterocycles. The number of amides is 2. The van der Waals surface area contributed by atoms with Gasteiger partial charge in [-0.2, -0.15) is 0 Å².